The van der Waals surface area contributed by atoms with Crippen molar-refractivity contribution in [2.24, 2.45) is 5.92 Å². The van der Waals surface area contributed by atoms with Gasteiger partial charge in [0.1, 0.15) is 12.3 Å². The average molecular weight is 565 g/mol. The summed E-state index contributed by atoms with van der Waals surface area (Å²) in [5, 5.41) is 3.48. The molecule has 0 amide bonds. The number of fused-ring (bicyclic) bond motifs is 1. The summed E-state index contributed by atoms with van der Waals surface area (Å²) < 4.78 is 68.8. The number of likely N-dealkylation sites (tertiary alicyclic amines) is 1. The van der Waals surface area contributed by atoms with Crippen LogP contribution in [0.1, 0.15) is 25.5 Å². The second-order valence-electron chi connectivity index (χ2n) is 9.81. The van der Waals surface area contributed by atoms with Gasteiger partial charge in [-0.3, -0.25) is 0 Å². The highest BCUT2D eigenvalue weighted by Gasteiger charge is 2.29. The lowest BCUT2D eigenvalue weighted by atomic mass is 10.0. The number of piperidine rings is 1. The van der Waals surface area contributed by atoms with Crippen molar-refractivity contribution in [1.29, 1.82) is 0 Å². The molecular weight excluding hydrogens is 529 g/mol. The number of nitrogens with one attached hydrogen (secondary N) is 1. The summed E-state index contributed by atoms with van der Waals surface area (Å²) >= 11 is 0. The molecule has 0 bridgehead atoms. The highest BCUT2D eigenvalue weighted by atomic mass is 32.2. The van der Waals surface area contributed by atoms with E-state index in [1.807, 2.05) is 0 Å². The van der Waals surface area contributed by atoms with E-state index in [1.165, 1.54) is 57.3 Å². The summed E-state index contributed by atoms with van der Waals surface area (Å²) in [5.41, 5.74) is 7.31. The molecule has 0 aliphatic carbocycles. The van der Waals surface area contributed by atoms with Crippen molar-refractivity contribution in [3.8, 4) is 17.6 Å². The monoisotopic (exact) mass is 564 g/mol. The first-order chi connectivity index (χ1) is 18.3. The Kier molecular flexibility index (Phi) is 9.80. The van der Waals surface area contributed by atoms with Crippen LogP contribution in [-0.4, -0.2) is 64.1 Å². The van der Waals surface area contributed by atoms with Gasteiger partial charge in [-0.1, -0.05) is 18.9 Å². The van der Waals surface area contributed by atoms with Crippen LogP contribution >= 0.6 is 0 Å². The number of hydrogen-bond donors (Lipinski definition) is 2. The van der Waals surface area contributed by atoms with Crippen LogP contribution in [0.3, 0.4) is 0 Å². The number of sulfone groups is 1. The Balaban J connectivity index is 0.000000449. The number of nitrogens with two attached hydrogens (primary N) is 1. The number of benzene rings is 2. The summed E-state index contributed by atoms with van der Waals surface area (Å²) in [6, 6.07) is 10.7. The van der Waals surface area contributed by atoms with Crippen LogP contribution < -0.4 is 15.8 Å². The average Bonchev–Trinajstić information content (AvgIpc) is 3.18. The first-order valence-electron chi connectivity index (χ1n) is 12.5. The summed E-state index contributed by atoms with van der Waals surface area (Å²) in [4.78, 5) is 2.52. The summed E-state index contributed by atoms with van der Waals surface area (Å²) in [7, 11) is 0.215. The van der Waals surface area contributed by atoms with Crippen LogP contribution in [0.25, 0.3) is 10.9 Å². The number of methoxy groups -OCH3 is 1. The van der Waals surface area contributed by atoms with Gasteiger partial charge in [0.2, 0.25) is 0 Å². The van der Waals surface area contributed by atoms with Crippen LogP contribution in [0.5, 0.6) is 5.75 Å². The van der Waals surface area contributed by atoms with Gasteiger partial charge in [0, 0.05) is 29.9 Å². The molecule has 1 aromatic heterocycles. The second kappa shape index (κ2) is 12.7. The van der Waals surface area contributed by atoms with Gasteiger partial charge in [0.05, 0.1) is 35.4 Å². The lowest BCUT2D eigenvalue weighted by Gasteiger charge is -2.26. The molecule has 1 unspecified atom stereocenters. The number of nitrogen functional groups attached to an aromatic ring is 1. The zero-order valence-corrected chi connectivity index (χ0v) is 23.4. The molecule has 0 spiro atoms. The Morgan fingerprint density at radius 3 is 2.54 bits per heavy atom. The van der Waals surface area contributed by atoms with Gasteiger partial charge in [0.15, 0.2) is 9.84 Å². The van der Waals surface area contributed by atoms with Gasteiger partial charge in [-0.05, 0) is 68.6 Å². The normalized spacial score (nSPS) is 16.1. The van der Waals surface area contributed by atoms with Crippen molar-refractivity contribution < 1.29 is 26.3 Å². The molecule has 39 heavy (non-hydrogen) atoms. The molecule has 1 saturated heterocycles. The number of ether oxygens (including phenoxy) is 1. The van der Waals surface area contributed by atoms with Crippen molar-refractivity contribution in [2.45, 2.75) is 37.4 Å². The lowest BCUT2D eigenvalue weighted by Crippen LogP contribution is -2.30. The maximum atomic E-state index is 13.1. The van der Waals surface area contributed by atoms with Crippen LogP contribution in [0.4, 0.5) is 24.5 Å². The molecule has 1 aliphatic rings. The topological polar surface area (TPSA) is 89.6 Å². The molecular formula is C28H35F3N4O3S. The van der Waals surface area contributed by atoms with Gasteiger partial charge < -0.3 is 25.3 Å². The molecule has 3 aromatic rings. The first kappa shape index (κ1) is 30.2. The number of rotatable bonds is 5. The van der Waals surface area contributed by atoms with Crippen LogP contribution in [-0.2, 0) is 16.4 Å². The van der Waals surface area contributed by atoms with Crippen molar-refractivity contribution in [1.82, 2.24) is 9.47 Å². The number of anilines is 2. The van der Waals surface area contributed by atoms with Crippen LogP contribution in [0.2, 0.25) is 0 Å². The smallest absolute Gasteiger partial charge is 0.406 e. The molecule has 4 rings (SSSR count). The quantitative estimate of drug-likeness (QED) is 0.335. The standard InChI is InChI=1S/C21H20F3N3O3S.C7H15N/c1-30-20-12-15(31(2,28)29)8-9-18(20)26-10-4-5-14-11-16-17(25)6-3-7-19(16)27(14)13-21(22,23)24;1-7-4-3-5-8(2)6-7/h3,6-9,11-12,26H,10,13,25H2,1-2H3;7H,3-6H2,1-2H3. The Hall–Kier alpha value is -3.36. The van der Waals surface area contributed by atoms with Gasteiger partial charge in [-0.25, -0.2) is 8.42 Å². The molecule has 7 nitrogen and oxygen atoms in total. The fourth-order valence-corrected chi connectivity index (χ4v) is 5.14. The molecule has 0 saturated carbocycles. The fourth-order valence-electron chi connectivity index (χ4n) is 4.51. The van der Waals surface area contributed by atoms with Gasteiger partial charge in [-0.15, -0.1) is 0 Å². The maximum absolute atomic E-state index is 13.1. The van der Waals surface area contributed by atoms with E-state index < -0.39 is 22.6 Å². The van der Waals surface area contributed by atoms with Gasteiger partial charge >= 0.3 is 6.18 Å². The minimum Gasteiger partial charge on any atom is -0.495 e. The van der Waals surface area contributed by atoms with Crippen molar-refractivity contribution in [3.63, 3.8) is 0 Å². The molecule has 0 radical (unpaired) electrons. The number of aromatic nitrogens is 1. The molecule has 212 valence electrons. The molecule has 2 aromatic carbocycles. The van der Waals surface area contributed by atoms with Gasteiger partial charge in [0.25, 0.3) is 0 Å². The molecule has 1 aliphatic heterocycles. The van der Waals surface area contributed by atoms with Crippen molar-refractivity contribution in [3.05, 3.63) is 48.2 Å². The SMILES string of the molecule is CC1CCCN(C)C1.COc1cc(S(C)(=O)=O)ccc1NCC#Cc1cc2c(N)cccc2n1CC(F)(F)F. The first-order valence-corrected chi connectivity index (χ1v) is 14.4. The third kappa shape index (κ3) is 8.57. The van der Waals surface area contributed by atoms with Gasteiger partial charge in [-0.2, -0.15) is 13.2 Å². The summed E-state index contributed by atoms with van der Waals surface area (Å²) in [6.45, 7) is 3.86. The highest BCUT2D eigenvalue weighted by Crippen LogP contribution is 2.29. The predicted octanol–water partition coefficient (Wildman–Crippen LogP) is 5.01. The number of halogens is 3. The minimum atomic E-state index is -4.42. The zero-order chi connectivity index (χ0) is 28.8. The van der Waals surface area contributed by atoms with Crippen molar-refractivity contribution >= 4 is 32.1 Å². The van der Waals surface area contributed by atoms with Crippen LogP contribution in [0, 0.1) is 17.8 Å². The zero-order valence-electron chi connectivity index (χ0n) is 22.6. The van der Waals surface area contributed by atoms with Crippen LogP contribution in [0.15, 0.2) is 47.4 Å². The Bertz CT molecular complexity index is 1450. The third-order valence-electron chi connectivity index (χ3n) is 6.36. The Morgan fingerprint density at radius 1 is 1.21 bits per heavy atom. The van der Waals surface area contributed by atoms with Crippen molar-refractivity contribution in [2.75, 3.05) is 51.1 Å². The molecule has 3 N–H and O–H groups in total. The summed E-state index contributed by atoms with van der Waals surface area (Å²) in [5.74, 6) is 6.79. The molecule has 11 heteroatoms. The second-order valence-corrected chi connectivity index (χ2v) is 11.8. The highest BCUT2D eigenvalue weighted by molar-refractivity contribution is 7.90. The Morgan fingerprint density at radius 2 is 1.95 bits per heavy atom. The number of alkyl halides is 3. The van der Waals surface area contributed by atoms with E-state index in [0.717, 1.165) is 16.7 Å². The lowest BCUT2D eigenvalue weighted by molar-refractivity contribution is -0.140. The number of nitrogens with zero attached hydrogens (tertiary/aromatic N) is 2. The fraction of sp³-hybridized carbons (Fsp3) is 0.429. The largest absolute Gasteiger partial charge is 0.495 e. The van der Waals surface area contributed by atoms with E-state index >= 15 is 0 Å². The summed E-state index contributed by atoms with van der Waals surface area (Å²) in [6.07, 6.45) is -0.491. The molecule has 1 atom stereocenters. The third-order valence-corrected chi connectivity index (χ3v) is 7.47. The molecule has 2 heterocycles. The van der Waals surface area contributed by atoms with E-state index in [2.05, 4.69) is 36.0 Å². The Labute approximate surface area is 228 Å². The minimum absolute atomic E-state index is 0.0948. The van der Waals surface area contributed by atoms with E-state index in [-0.39, 0.29) is 17.1 Å². The predicted molar refractivity (Wildman–Crippen MR) is 150 cm³/mol. The van der Waals surface area contributed by atoms with E-state index in [1.54, 1.807) is 18.2 Å². The van der Waals surface area contributed by atoms with E-state index in [9.17, 15) is 21.6 Å². The van der Waals surface area contributed by atoms with E-state index in [4.69, 9.17) is 10.5 Å². The van der Waals surface area contributed by atoms with E-state index in [0.29, 0.717) is 28.0 Å². The maximum Gasteiger partial charge on any atom is 0.406 e. The molecule has 1 fully saturated rings. The number of hydrogen-bond acceptors (Lipinski definition) is 6.